The number of esters is 1. The van der Waals surface area contributed by atoms with E-state index in [-0.39, 0.29) is 11.5 Å². The molecule has 8 heteroatoms. The molecule has 2 heterocycles. The molecule has 0 fully saturated rings. The van der Waals surface area contributed by atoms with Gasteiger partial charge in [0.25, 0.3) is 5.91 Å². The molecule has 0 spiro atoms. The molecule has 1 amide bonds. The number of rotatable bonds is 6. The summed E-state index contributed by atoms with van der Waals surface area (Å²) < 4.78 is 10.5. The molecule has 2 N–H and O–H groups in total. The average Bonchev–Trinajstić information content (AvgIpc) is 3.54. The Labute approximate surface area is 211 Å². The van der Waals surface area contributed by atoms with Crippen LogP contribution >= 0.6 is 11.6 Å². The Kier molecular flexibility index (Phi) is 6.38. The number of hydrazone groups is 1. The minimum atomic E-state index is -0.636. The molecule has 7 nitrogen and oxygen atoms in total. The normalized spacial score (nSPS) is 11.2. The number of fused-ring (bicyclic) bond motifs is 1. The highest BCUT2D eigenvalue weighted by molar-refractivity contribution is 6.34. The Hall–Kier alpha value is -4.62. The number of ether oxygens (including phenoxy) is 1. The van der Waals surface area contributed by atoms with Crippen LogP contribution in [0.5, 0.6) is 5.75 Å². The van der Waals surface area contributed by atoms with E-state index >= 15 is 0 Å². The van der Waals surface area contributed by atoms with Crippen LogP contribution in [0.25, 0.3) is 22.0 Å². The van der Waals surface area contributed by atoms with Crippen molar-refractivity contribution in [2.75, 3.05) is 0 Å². The number of carbonyl (C=O) groups is 2. The van der Waals surface area contributed by atoms with Gasteiger partial charge in [0.05, 0.1) is 12.5 Å². The van der Waals surface area contributed by atoms with Gasteiger partial charge in [0.2, 0.25) is 5.76 Å². The van der Waals surface area contributed by atoms with Crippen LogP contribution in [-0.2, 0) is 0 Å². The van der Waals surface area contributed by atoms with Crippen molar-refractivity contribution in [3.05, 3.63) is 113 Å². The fourth-order valence-electron chi connectivity index (χ4n) is 3.86. The number of aromatic amines is 1. The largest absolute Gasteiger partial charge is 0.457 e. The molecule has 0 aliphatic heterocycles. The molecule has 0 aliphatic rings. The molecule has 178 valence electrons. The summed E-state index contributed by atoms with van der Waals surface area (Å²) in [7, 11) is 0. The van der Waals surface area contributed by atoms with Crippen LogP contribution in [0.1, 0.15) is 32.2 Å². The summed E-state index contributed by atoms with van der Waals surface area (Å²) in [4.78, 5) is 28.7. The molecule has 0 saturated heterocycles. The van der Waals surface area contributed by atoms with Crippen LogP contribution in [-0.4, -0.2) is 23.1 Å². The molecule has 0 unspecified atom stereocenters. The van der Waals surface area contributed by atoms with Gasteiger partial charge in [0.1, 0.15) is 11.4 Å². The van der Waals surface area contributed by atoms with E-state index < -0.39 is 11.9 Å². The predicted octanol–water partition coefficient (Wildman–Crippen LogP) is 6.37. The second kappa shape index (κ2) is 9.93. The monoisotopic (exact) mass is 497 g/mol. The van der Waals surface area contributed by atoms with Gasteiger partial charge in [-0.05, 0) is 49.4 Å². The van der Waals surface area contributed by atoms with Gasteiger partial charge < -0.3 is 14.1 Å². The number of hydrogen-bond acceptors (Lipinski definition) is 5. The minimum Gasteiger partial charge on any atom is -0.457 e. The molecule has 36 heavy (non-hydrogen) atoms. The number of aryl methyl sites for hydroxylation is 1. The van der Waals surface area contributed by atoms with E-state index in [1.165, 1.54) is 18.5 Å². The first-order chi connectivity index (χ1) is 17.5. The smallest absolute Gasteiger partial charge is 0.379 e. The number of amides is 1. The van der Waals surface area contributed by atoms with E-state index in [0.29, 0.717) is 21.8 Å². The van der Waals surface area contributed by atoms with Gasteiger partial charge in [-0.2, -0.15) is 5.10 Å². The molecule has 0 saturated carbocycles. The number of para-hydroxylation sites is 1. The van der Waals surface area contributed by atoms with Gasteiger partial charge in [-0.3, -0.25) is 4.79 Å². The molecule has 3 aromatic carbocycles. The van der Waals surface area contributed by atoms with Crippen LogP contribution in [0, 0.1) is 6.92 Å². The fraction of sp³-hybridized carbons (Fsp3) is 0.0357. The summed E-state index contributed by atoms with van der Waals surface area (Å²) in [5.74, 6) is -0.728. The molecule has 0 aliphatic carbocycles. The first-order valence-electron chi connectivity index (χ1n) is 11.1. The highest BCUT2D eigenvalue weighted by Gasteiger charge is 2.21. The summed E-state index contributed by atoms with van der Waals surface area (Å²) in [6, 6.07) is 23.2. The fourth-order valence-corrected chi connectivity index (χ4v) is 4.09. The number of carbonyl (C=O) groups excluding carboxylic acids is 2. The van der Waals surface area contributed by atoms with Gasteiger partial charge in [-0.25, -0.2) is 10.2 Å². The maximum Gasteiger partial charge on any atom is 0.379 e. The van der Waals surface area contributed by atoms with E-state index in [2.05, 4.69) is 15.5 Å². The van der Waals surface area contributed by atoms with E-state index in [0.717, 1.165) is 22.0 Å². The summed E-state index contributed by atoms with van der Waals surface area (Å²) in [5, 5.41) is 5.52. The second-order valence-electron chi connectivity index (χ2n) is 8.01. The predicted molar refractivity (Wildman–Crippen MR) is 139 cm³/mol. The van der Waals surface area contributed by atoms with Crippen LogP contribution in [0.3, 0.4) is 0 Å². The zero-order valence-electron chi connectivity index (χ0n) is 19.1. The molecular weight excluding hydrogens is 478 g/mol. The minimum absolute atomic E-state index is 0.0798. The van der Waals surface area contributed by atoms with E-state index in [1.54, 1.807) is 36.4 Å². The zero-order valence-corrected chi connectivity index (χ0v) is 19.9. The van der Waals surface area contributed by atoms with Gasteiger partial charge in [0.15, 0.2) is 0 Å². The number of aromatic nitrogens is 1. The zero-order chi connectivity index (χ0) is 25.1. The van der Waals surface area contributed by atoms with Crippen molar-refractivity contribution in [2.24, 2.45) is 5.10 Å². The third-order valence-electron chi connectivity index (χ3n) is 5.54. The van der Waals surface area contributed by atoms with Crippen molar-refractivity contribution in [3.63, 3.8) is 0 Å². The van der Waals surface area contributed by atoms with Crippen molar-refractivity contribution in [1.29, 1.82) is 0 Å². The molecule has 5 aromatic rings. The Balaban J connectivity index is 1.43. The maximum absolute atomic E-state index is 13.2. The van der Waals surface area contributed by atoms with Crippen LogP contribution in [0.4, 0.5) is 0 Å². The average molecular weight is 498 g/mol. The Morgan fingerprint density at radius 2 is 1.83 bits per heavy atom. The first-order valence-corrected chi connectivity index (χ1v) is 11.4. The van der Waals surface area contributed by atoms with Crippen molar-refractivity contribution >= 4 is 40.6 Å². The standard InChI is InChI=1S/C28H20ClN3O4/c1-17-12-13-22-20(15-17)25(19-8-3-4-9-21(19)29)26(31-22)27(33)32-30-16-18-7-2-5-10-23(18)36-28(34)24-11-6-14-35-24/h2-16,31H,1H3,(H,32,33). The Bertz CT molecular complexity index is 1600. The lowest BCUT2D eigenvalue weighted by Gasteiger charge is -2.07. The number of furan rings is 1. The number of benzene rings is 3. The summed E-state index contributed by atoms with van der Waals surface area (Å²) >= 11 is 6.49. The molecular formula is C28H20ClN3O4. The van der Waals surface area contributed by atoms with Gasteiger partial charge in [0, 0.05) is 32.6 Å². The number of nitrogens with one attached hydrogen (secondary N) is 2. The Morgan fingerprint density at radius 1 is 1.03 bits per heavy atom. The quantitative estimate of drug-likeness (QED) is 0.123. The molecule has 0 bridgehead atoms. The number of H-pyrrole nitrogens is 1. The highest BCUT2D eigenvalue weighted by atomic mass is 35.5. The summed E-state index contributed by atoms with van der Waals surface area (Å²) in [5.41, 5.74) is 6.68. The second-order valence-corrected chi connectivity index (χ2v) is 8.41. The number of halogens is 1. The molecule has 5 rings (SSSR count). The molecule has 0 radical (unpaired) electrons. The lowest BCUT2D eigenvalue weighted by atomic mass is 10.0. The lowest BCUT2D eigenvalue weighted by molar-refractivity contribution is 0.0701. The summed E-state index contributed by atoms with van der Waals surface area (Å²) in [6.07, 6.45) is 2.80. The summed E-state index contributed by atoms with van der Waals surface area (Å²) in [6.45, 7) is 1.99. The van der Waals surface area contributed by atoms with Crippen molar-refractivity contribution in [1.82, 2.24) is 10.4 Å². The van der Waals surface area contributed by atoms with Gasteiger partial charge in [-0.15, -0.1) is 0 Å². The van der Waals surface area contributed by atoms with E-state index in [1.807, 2.05) is 43.3 Å². The number of hydrogen-bond donors (Lipinski definition) is 2. The molecule has 0 atom stereocenters. The van der Waals surface area contributed by atoms with Crippen LogP contribution in [0.15, 0.2) is 94.6 Å². The topological polar surface area (TPSA) is 96.7 Å². The van der Waals surface area contributed by atoms with E-state index in [4.69, 9.17) is 20.8 Å². The van der Waals surface area contributed by atoms with Crippen LogP contribution in [0.2, 0.25) is 5.02 Å². The third kappa shape index (κ3) is 4.64. The third-order valence-corrected chi connectivity index (χ3v) is 5.87. The van der Waals surface area contributed by atoms with Crippen molar-refractivity contribution in [3.8, 4) is 16.9 Å². The van der Waals surface area contributed by atoms with Crippen molar-refractivity contribution in [2.45, 2.75) is 6.92 Å². The maximum atomic E-state index is 13.2. The SMILES string of the molecule is Cc1ccc2[nH]c(C(=O)NN=Cc3ccccc3OC(=O)c3ccco3)c(-c3ccccc3Cl)c2c1. The van der Waals surface area contributed by atoms with Gasteiger partial charge >= 0.3 is 5.97 Å². The first kappa shape index (κ1) is 23.1. The number of nitrogens with zero attached hydrogens (tertiary/aromatic N) is 1. The van der Waals surface area contributed by atoms with Gasteiger partial charge in [-0.1, -0.05) is 53.6 Å². The lowest BCUT2D eigenvalue weighted by Crippen LogP contribution is -2.19. The van der Waals surface area contributed by atoms with E-state index in [9.17, 15) is 9.59 Å². The van der Waals surface area contributed by atoms with Crippen molar-refractivity contribution < 1.29 is 18.7 Å². The Morgan fingerprint density at radius 3 is 2.64 bits per heavy atom. The molecule has 2 aromatic heterocycles. The van der Waals surface area contributed by atoms with Crippen LogP contribution < -0.4 is 10.2 Å². The highest BCUT2D eigenvalue weighted by Crippen LogP contribution is 2.37.